The first-order valence-corrected chi connectivity index (χ1v) is 12.4. The van der Waals surface area contributed by atoms with Gasteiger partial charge in [-0.2, -0.15) is 0 Å². The largest absolute Gasteiger partial charge is 0.350 e. The Kier molecular flexibility index (Phi) is 8.74. The van der Waals surface area contributed by atoms with E-state index in [9.17, 15) is 9.59 Å². The monoisotopic (exact) mass is 490 g/mol. The normalized spacial score (nSPS) is 12.2. The Hall–Kier alpha value is -3.11. The Balaban J connectivity index is 2.00. The summed E-state index contributed by atoms with van der Waals surface area (Å²) in [4.78, 5) is 29.1. The fraction of sp³-hybridized carbons (Fsp3) is 0.333. The summed E-state index contributed by atoms with van der Waals surface area (Å²) < 4.78 is 0. The SMILES string of the molecule is Cc1ccc(CC(=O)N(Cc2cccc(Cl)c2)C(Cc2ccccc2)C(=O)NC(C)(C)C)cc1C. The number of aryl methyl sites for hydroxylation is 2. The van der Waals surface area contributed by atoms with Gasteiger partial charge in [-0.05, 0) is 74.6 Å². The molecule has 1 atom stereocenters. The summed E-state index contributed by atoms with van der Waals surface area (Å²) in [5, 5.41) is 3.69. The molecule has 0 fully saturated rings. The van der Waals surface area contributed by atoms with Crippen molar-refractivity contribution < 1.29 is 9.59 Å². The van der Waals surface area contributed by atoms with E-state index < -0.39 is 11.6 Å². The van der Waals surface area contributed by atoms with Crippen molar-refractivity contribution in [3.8, 4) is 0 Å². The smallest absolute Gasteiger partial charge is 0.243 e. The lowest BCUT2D eigenvalue weighted by atomic mass is 9.99. The van der Waals surface area contributed by atoms with Crippen LogP contribution in [0.5, 0.6) is 0 Å². The molecule has 0 aliphatic carbocycles. The fourth-order valence-electron chi connectivity index (χ4n) is 4.03. The number of rotatable bonds is 8. The van der Waals surface area contributed by atoms with Gasteiger partial charge in [0, 0.05) is 23.5 Å². The highest BCUT2D eigenvalue weighted by Gasteiger charge is 2.32. The van der Waals surface area contributed by atoms with Crippen LogP contribution < -0.4 is 5.32 Å². The summed E-state index contributed by atoms with van der Waals surface area (Å²) >= 11 is 6.25. The van der Waals surface area contributed by atoms with Crippen LogP contribution in [0.3, 0.4) is 0 Å². The van der Waals surface area contributed by atoms with Gasteiger partial charge in [0.2, 0.25) is 11.8 Å². The maximum absolute atomic E-state index is 13.8. The number of halogens is 1. The average Bonchev–Trinajstić information content (AvgIpc) is 2.78. The first-order valence-electron chi connectivity index (χ1n) is 12.0. The van der Waals surface area contributed by atoms with E-state index >= 15 is 0 Å². The van der Waals surface area contributed by atoms with Crippen molar-refractivity contribution in [2.45, 2.75) is 65.6 Å². The van der Waals surface area contributed by atoms with Crippen LogP contribution in [0.25, 0.3) is 0 Å². The third-order valence-corrected chi connectivity index (χ3v) is 6.17. The molecule has 0 saturated heterocycles. The number of hydrogen-bond donors (Lipinski definition) is 1. The molecule has 1 N–H and O–H groups in total. The summed E-state index contributed by atoms with van der Waals surface area (Å²) in [6.45, 7) is 10.2. The molecule has 0 aliphatic heterocycles. The van der Waals surface area contributed by atoms with Crippen LogP contribution in [0.2, 0.25) is 5.02 Å². The number of benzene rings is 3. The van der Waals surface area contributed by atoms with Crippen LogP contribution >= 0.6 is 11.6 Å². The molecule has 3 aromatic carbocycles. The molecule has 0 saturated carbocycles. The van der Waals surface area contributed by atoms with E-state index in [4.69, 9.17) is 11.6 Å². The first kappa shape index (κ1) is 26.5. The number of carbonyl (C=O) groups excluding carboxylic acids is 2. The van der Waals surface area contributed by atoms with Gasteiger partial charge >= 0.3 is 0 Å². The van der Waals surface area contributed by atoms with E-state index in [0.717, 1.165) is 22.3 Å². The molecular weight excluding hydrogens is 456 g/mol. The summed E-state index contributed by atoms with van der Waals surface area (Å²) in [5.41, 5.74) is 4.71. The molecule has 0 spiro atoms. The molecule has 2 amide bonds. The fourth-order valence-corrected chi connectivity index (χ4v) is 4.24. The van der Waals surface area contributed by atoms with E-state index in [0.29, 0.717) is 18.0 Å². The molecule has 184 valence electrons. The second-order valence-corrected chi connectivity index (χ2v) is 10.6. The van der Waals surface area contributed by atoms with Gasteiger partial charge in [0.15, 0.2) is 0 Å². The van der Waals surface area contributed by atoms with Crippen LogP contribution in [0.15, 0.2) is 72.8 Å². The van der Waals surface area contributed by atoms with E-state index in [-0.39, 0.29) is 18.2 Å². The van der Waals surface area contributed by atoms with E-state index in [2.05, 4.69) is 12.2 Å². The van der Waals surface area contributed by atoms with Gasteiger partial charge in [-0.15, -0.1) is 0 Å². The molecule has 0 bridgehead atoms. The van der Waals surface area contributed by atoms with Gasteiger partial charge in [-0.1, -0.05) is 72.3 Å². The number of nitrogens with zero attached hydrogens (tertiary/aromatic N) is 1. The number of amides is 2. The van der Waals surface area contributed by atoms with Crippen molar-refractivity contribution in [3.63, 3.8) is 0 Å². The van der Waals surface area contributed by atoms with Gasteiger partial charge in [0.05, 0.1) is 6.42 Å². The highest BCUT2D eigenvalue weighted by molar-refractivity contribution is 6.30. The lowest BCUT2D eigenvalue weighted by Gasteiger charge is -2.34. The number of nitrogens with one attached hydrogen (secondary N) is 1. The molecule has 3 rings (SSSR count). The lowest BCUT2D eigenvalue weighted by molar-refractivity contribution is -0.141. The van der Waals surface area contributed by atoms with Crippen LogP contribution in [-0.4, -0.2) is 28.3 Å². The molecule has 3 aromatic rings. The molecule has 5 heteroatoms. The first-order chi connectivity index (χ1) is 16.5. The minimum Gasteiger partial charge on any atom is -0.350 e. The molecule has 0 radical (unpaired) electrons. The van der Waals surface area contributed by atoms with Crippen molar-refractivity contribution in [3.05, 3.63) is 106 Å². The van der Waals surface area contributed by atoms with Crippen molar-refractivity contribution >= 4 is 23.4 Å². The molecule has 4 nitrogen and oxygen atoms in total. The molecular formula is C30H35ClN2O2. The minimum absolute atomic E-state index is 0.0989. The Labute approximate surface area is 214 Å². The highest BCUT2D eigenvalue weighted by Crippen LogP contribution is 2.20. The zero-order valence-corrected chi connectivity index (χ0v) is 22.0. The van der Waals surface area contributed by atoms with Crippen LogP contribution in [0.1, 0.15) is 48.6 Å². The summed E-state index contributed by atoms with van der Waals surface area (Å²) in [6.07, 6.45) is 0.637. The van der Waals surface area contributed by atoms with Crippen LogP contribution in [0.4, 0.5) is 0 Å². The van der Waals surface area contributed by atoms with Gasteiger partial charge in [-0.3, -0.25) is 9.59 Å². The predicted molar refractivity (Wildman–Crippen MR) is 143 cm³/mol. The van der Waals surface area contributed by atoms with Gasteiger partial charge in [-0.25, -0.2) is 0 Å². The second kappa shape index (κ2) is 11.5. The van der Waals surface area contributed by atoms with E-state index in [1.165, 1.54) is 5.56 Å². The third kappa shape index (κ3) is 7.97. The van der Waals surface area contributed by atoms with Crippen LogP contribution in [0, 0.1) is 13.8 Å². The summed E-state index contributed by atoms with van der Waals surface area (Å²) in [5.74, 6) is -0.268. The minimum atomic E-state index is -0.672. The number of hydrogen-bond acceptors (Lipinski definition) is 2. The van der Waals surface area contributed by atoms with Gasteiger partial charge in [0.1, 0.15) is 6.04 Å². The molecule has 1 unspecified atom stereocenters. The average molecular weight is 491 g/mol. The molecule has 0 aliphatic rings. The molecule has 0 heterocycles. The summed E-state index contributed by atoms with van der Waals surface area (Å²) in [6, 6.07) is 22.7. The topological polar surface area (TPSA) is 49.4 Å². The Morgan fingerprint density at radius 2 is 1.54 bits per heavy atom. The van der Waals surface area contributed by atoms with Crippen molar-refractivity contribution in [2.75, 3.05) is 0 Å². The zero-order valence-electron chi connectivity index (χ0n) is 21.3. The zero-order chi connectivity index (χ0) is 25.6. The predicted octanol–water partition coefficient (Wildman–Crippen LogP) is 6.05. The molecule has 35 heavy (non-hydrogen) atoms. The second-order valence-electron chi connectivity index (χ2n) is 10.2. The quantitative estimate of drug-likeness (QED) is 0.417. The maximum Gasteiger partial charge on any atom is 0.243 e. The van der Waals surface area contributed by atoms with Gasteiger partial charge in [0.25, 0.3) is 0 Å². The van der Waals surface area contributed by atoms with E-state index in [1.807, 2.05) is 94.4 Å². The standard InChI is InChI=1S/C30H35ClN2O2/c1-21-14-15-24(16-22(21)2)19-28(34)33(20-25-12-9-13-26(31)17-25)27(29(35)32-30(3,4)5)18-23-10-7-6-8-11-23/h6-17,27H,18-20H2,1-5H3,(H,32,35). The Bertz CT molecular complexity index is 1170. The highest BCUT2D eigenvalue weighted by atomic mass is 35.5. The van der Waals surface area contributed by atoms with Crippen LogP contribution in [-0.2, 0) is 29.0 Å². The Morgan fingerprint density at radius 1 is 0.857 bits per heavy atom. The Morgan fingerprint density at radius 3 is 2.17 bits per heavy atom. The van der Waals surface area contributed by atoms with Crippen molar-refractivity contribution in [1.82, 2.24) is 10.2 Å². The maximum atomic E-state index is 13.8. The third-order valence-electron chi connectivity index (χ3n) is 5.94. The van der Waals surface area contributed by atoms with Crippen molar-refractivity contribution in [2.24, 2.45) is 0 Å². The lowest BCUT2D eigenvalue weighted by Crippen LogP contribution is -2.54. The number of carbonyl (C=O) groups is 2. The van der Waals surface area contributed by atoms with Crippen molar-refractivity contribution in [1.29, 1.82) is 0 Å². The van der Waals surface area contributed by atoms with Gasteiger partial charge < -0.3 is 10.2 Å². The van der Waals surface area contributed by atoms with E-state index in [1.54, 1.807) is 11.0 Å². The molecule has 0 aromatic heterocycles. The summed E-state index contributed by atoms with van der Waals surface area (Å²) in [7, 11) is 0.